The first kappa shape index (κ1) is 21.6. The summed E-state index contributed by atoms with van der Waals surface area (Å²) in [4.78, 5) is 16.2. The third-order valence-corrected chi connectivity index (χ3v) is 4.60. The van der Waals surface area contributed by atoms with Crippen molar-refractivity contribution in [2.24, 2.45) is 4.99 Å². The van der Waals surface area contributed by atoms with Crippen molar-refractivity contribution >= 4 is 23.4 Å². The van der Waals surface area contributed by atoms with Crippen LogP contribution in [0.3, 0.4) is 0 Å². The highest BCUT2D eigenvalue weighted by atomic mass is 35.5. The number of carbonyl (C=O) groups is 1. The number of rotatable bonds is 5. The van der Waals surface area contributed by atoms with E-state index in [2.05, 4.69) is 10.3 Å². The lowest BCUT2D eigenvalue weighted by atomic mass is 9.95. The van der Waals surface area contributed by atoms with Crippen molar-refractivity contribution in [3.05, 3.63) is 81.2 Å². The lowest BCUT2D eigenvalue weighted by Crippen LogP contribution is -2.33. The van der Waals surface area contributed by atoms with Crippen molar-refractivity contribution in [2.45, 2.75) is 19.4 Å². The van der Waals surface area contributed by atoms with Gasteiger partial charge in [0.2, 0.25) is 0 Å². The van der Waals surface area contributed by atoms with Crippen molar-refractivity contribution in [1.29, 1.82) is 0 Å². The molecule has 0 spiro atoms. The Morgan fingerprint density at radius 2 is 1.83 bits per heavy atom. The molecule has 10 heteroatoms. The number of carbonyl (C=O) groups excluding carboxylic acids is 1. The van der Waals surface area contributed by atoms with E-state index in [1.807, 2.05) is 0 Å². The smallest absolute Gasteiger partial charge is 0.310 e. The molecule has 0 bridgehead atoms. The molecule has 2 aromatic carbocycles. The molecule has 0 aliphatic carbocycles. The zero-order valence-electron chi connectivity index (χ0n) is 15.5. The fraction of sp³-hybridized carbons (Fsp3) is 0.200. The topological polar surface area (TPSA) is 70.9 Å². The van der Waals surface area contributed by atoms with Gasteiger partial charge in [-0.3, -0.25) is 9.79 Å². The first-order valence-electron chi connectivity index (χ1n) is 8.73. The van der Waals surface area contributed by atoms with Crippen LogP contribution in [0.2, 0.25) is 5.02 Å². The van der Waals surface area contributed by atoms with Gasteiger partial charge in [0.15, 0.2) is 5.88 Å². The molecule has 1 atom stereocenters. The van der Waals surface area contributed by atoms with Crippen LogP contribution < -0.4 is 5.32 Å². The number of ether oxygens (including phenoxy) is 1. The largest absolute Gasteiger partial charge is 0.494 e. The minimum Gasteiger partial charge on any atom is -0.494 e. The number of amidine groups is 1. The van der Waals surface area contributed by atoms with Crippen molar-refractivity contribution in [1.82, 2.24) is 5.32 Å². The average molecular weight is 443 g/mol. The summed E-state index contributed by atoms with van der Waals surface area (Å²) in [5.74, 6) is -6.05. The van der Waals surface area contributed by atoms with Crippen LogP contribution in [0, 0.1) is 23.3 Å². The predicted octanol–water partition coefficient (Wildman–Crippen LogP) is 4.71. The molecule has 0 radical (unpaired) electrons. The van der Waals surface area contributed by atoms with E-state index in [1.54, 1.807) is 6.92 Å². The van der Waals surface area contributed by atoms with Gasteiger partial charge in [0.05, 0.1) is 18.6 Å². The number of aliphatic hydroxyl groups is 1. The van der Waals surface area contributed by atoms with Gasteiger partial charge < -0.3 is 15.2 Å². The van der Waals surface area contributed by atoms with E-state index in [1.165, 1.54) is 6.07 Å². The molecule has 0 fully saturated rings. The Kier molecular flexibility index (Phi) is 6.31. The molecular formula is C20H15ClF4N2O3. The molecule has 2 N–H and O–H groups in total. The van der Waals surface area contributed by atoms with Crippen LogP contribution >= 0.6 is 11.6 Å². The third kappa shape index (κ3) is 4.40. The monoisotopic (exact) mass is 442 g/mol. The number of hydrogen-bond donors (Lipinski definition) is 2. The van der Waals surface area contributed by atoms with Crippen molar-refractivity contribution in [3.8, 4) is 0 Å². The Labute approximate surface area is 173 Å². The average Bonchev–Trinajstić information content (AvgIpc) is 2.63. The van der Waals surface area contributed by atoms with Gasteiger partial charge in [-0.2, -0.15) is 0 Å². The van der Waals surface area contributed by atoms with Gasteiger partial charge in [-0.1, -0.05) is 17.7 Å². The van der Waals surface area contributed by atoms with Gasteiger partial charge >= 0.3 is 5.97 Å². The quantitative estimate of drug-likeness (QED) is 0.519. The first-order chi connectivity index (χ1) is 14.2. The van der Waals surface area contributed by atoms with Crippen LogP contribution in [0.5, 0.6) is 0 Å². The second-order valence-electron chi connectivity index (χ2n) is 6.27. The van der Waals surface area contributed by atoms with Crippen LogP contribution in [-0.2, 0) is 9.53 Å². The maximum Gasteiger partial charge on any atom is 0.310 e. The molecule has 1 unspecified atom stereocenters. The number of aliphatic imine (C=N–C) groups is 1. The Hall–Kier alpha value is -3.07. The summed E-state index contributed by atoms with van der Waals surface area (Å²) >= 11 is 6.10. The predicted molar refractivity (Wildman–Crippen MR) is 101 cm³/mol. The summed E-state index contributed by atoms with van der Waals surface area (Å²) in [6.45, 7) is 1.68. The minimum atomic E-state index is -1.26. The van der Waals surface area contributed by atoms with Gasteiger partial charge in [-0.05, 0) is 24.6 Å². The molecule has 30 heavy (non-hydrogen) atoms. The summed E-state index contributed by atoms with van der Waals surface area (Å²) in [6, 6.07) is 3.06. The van der Waals surface area contributed by atoms with Crippen LogP contribution in [0.15, 0.2) is 46.8 Å². The van der Waals surface area contributed by atoms with E-state index >= 15 is 0 Å². The standard InChI is InChI=1S/C20H15ClF4N2O3/c1-2-30-16(28)8-12-18(11-4-3-9(22)5-13(11)21)26-19(27-20(12)29)17-14(24)6-10(23)7-15(17)25/h3-7,18,29H,2,8H2,1H3,(H,26,27). The number of benzene rings is 2. The molecule has 1 aliphatic rings. The number of nitrogens with zero attached hydrogens (tertiary/aromatic N) is 1. The maximum atomic E-state index is 14.2. The SMILES string of the molecule is CCOC(=O)CC1=C(O)NC(c2c(F)cc(F)cc2F)=NC1c1ccc(F)cc1Cl. The van der Waals surface area contributed by atoms with Crippen molar-refractivity contribution < 1.29 is 32.2 Å². The molecule has 0 saturated carbocycles. The molecule has 2 aromatic rings. The van der Waals surface area contributed by atoms with Crippen molar-refractivity contribution in [2.75, 3.05) is 6.61 Å². The molecule has 0 aromatic heterocycles. The molecule has 0 amide bonds. The Morgan fingerprint density at radius 1 is 1.17 bits per heavy atom. The van der Waals surface area contributed by atoms with Crippen LogP contribution in [0.1, 0.15) is 30.5 Å². The lowest BCUT2D eigenvalue weighted by molar-refractivity contribution is -0.142. The summed E-state index contributed by atoms with van der Waals surface area (Å²) in [5.41, 5.74) is -0.555. The number of nitrogens with one attached hydrogen (secondary N) is 1. The van der Waals surface area contributed by atoms with Gasteiger partial charge in [0.1, 0.15) is 35.1 Å². The van der Waals surface area contributed by atoms with Crippen LogP contribution in [0.25, 0.3) is 0 Å². The van der Waals surface area contributed by atoms with Gasteiger partial charge in [-0.25, -0.2) is 17.6 Å². The molecule has 1 aliphatic heterocycles. The zero-order valence-corrected chi connectivity index (χ0v) is 16.2. The number of esters is 1. The number of hydrogen-bond acceptors (Lipinski definition) is 5. The summed E-state index contributed by atoms with van der Waals surface area (Å²) in [5, 5.41) is 12.7. The zero-order chi connectivity index (χ0) is 22.0. The van der Waals surface area contributed by atoms with E-state index < -0.39 is 59.0 Å². The van der Waals surface area contributed by atoms with Crippen LogP contribution in [-0.4, -0.2) is 23.5 Å². The summed E-state index contributed by atoms with van der Waals surface area (Å²) in [6.07, 6.45) is -0.420. The molecular weight excluding hydrogens is 428 g/mol. The highest BCUT2D eigenvalue weighted by molar-refractivity contribution is 6.31. The third-order valence-electron chi connectivity index (χ3n) is 4.27. The van der Waals surface area contributed by atoms with Gasteiger partial charge in [0, 0.05) is 22.7 Å². The number of halogens is 5. The van der Waals surface area contributed by atoms with Crippen LogP contribution in [0.4, 0.5) is 17.6 Å². The molecule has 0 saturated heterocycles. The Bertz CT molecular complexity index is 1050. The second-order valence-corrected chi connectivity index (χ2v) is 6.68. The second kappa shape index (κ2) is 8.74. The highest BCUT2D eigenvalue weighted by Gasteiger charge is 2.32. The maximum absolute atomic E-state index is 14.2. The Morgan fingerprint density at radius 3 is 2.43 bits per heavy atom. The van der Waals surface area contributed by atoms with Gasteiger partial charge in [-0.15, -0.1) is 0 Å². The summed E-state index contributed by atoms with van der Waals surface area (Å²) < 4.78 is 60.1. The molecule has 3 rings (SSSR count). The summed E-state index contributed by atoms with van der Waals surface area (Å²) in [7, 11) is 0. The normalized spacial score (nSPS) is 16.2. The first-order valence-corrected chi connectivity index (χ1v) is 9.11. The van der Waals surface area contributed by atoms with E-state index in [0.29, 0.717) is 12.1 Å². The molecule has 5 nitrogen and oxygen atoms in total. The highest BCUT2D eigenvalue weighted by Crippen LogP contribution is 2.37. The molecule has 158 valence electrons. The number of aliphatic hydroxyl groups excluding tert-OH is 1. The van der Waals surface area contributed by atoms with E-state index in [9.17, 15) is 27.5 Å². The fourth-order valence-electron chi connectivity index (χ4n) is 2.99. The van der Waals surface area contributed by atoms with E-state index in [4.69, 9.17) is 16.3 Å². The van der Waals surface area contributed by atoms with E-state index in [0.717, 1.165) is 12.1 Å². The molecule has 1 heterocycles. The Balaban J connectivity index is 2.13. The van der Waals surface area contributed by atoms with E-state index in [-0.39, 0.29) is 22.8 Å². The lowest BCUT2D eigenvalue weighted by Gasteiger charge is -2.26. The van der Waals surface area contributed by atoms with Crippen molar-refractivity contribution in [3.63, 3.8) is 0 Å². The van der Waals surface area contributed by atoms with Gasteiger partial charge in [0.25, 0.3) is 0 Å². The minimum absolute atomic E-state index is 0.00589. The fourth-order valence-corrected chi connectivity index (χ4v) is 3.26.